The van der Waals surface area contributed by atoms with E-state index in [1.165, 1.54) is 30.7 Å². The summed E-state index contributed by atoms with van der Waals surface area (Å²) in [6, 6.07) is 13.0. The summed E-state index contributed by atoms with van der Waals surface area (Å²) in [7, 11) is 0. The third-order valence-corrected chi connectivity index (χ3v) is 4.84. The Labute approximate surface area is 168 Å². The van der Waals surface area contributed by atoms with Crippen molar-refractivity contribution in [2.24, 2.45) is 0 Å². The van der Waals surface area contributed by atoms with Gasteiger partial charge in [0.05, 0.1) is 6.04 Å². The number of nitrogens with one attached hydrogen (secondary N) is 2. The molecule has 1 aliphatic rings. The number of benzene rings is 2. The predicted octanol–water partition coefficient (Wildman–Crippen LogP) is 2.68. The number of halogens is 1. The van der Waals surface area contributed by atoms with E-state index in [1.807, 2.05) is 18.2 Å². The standard InChI is InChI=1S/C22H23FN2O4/c1-14(21(27)25-19-11-5-7-15-6-2-3-10-18(15)19)29-20(26)13-24-22(28)16-8-4-9-17(23)12-16/h2-4,6,8-10,12,14,19H,5,7,11,13H2,1H3,(H,24,28)(H,25,27)/t14-,19+/m1/s1. The van der Waals surface area contributed by atoms with Crippen molar-refractivity contribution in [1.29, 1.82) is 0 Å². The summed E-state index contributed by atoms with van der Waals surface area (Å²) in [6.45, 7) is 1.07. The van der Waals surface area contributed by atoms with E-state index < -0.39 is 36.2 Å². The van der Waals surface area contributed by atoms with Gasteiger partial charge in [0, 0.05) is 5.56 Å². The first-order valence-corrected chi connectivity index (χ1v) is 9.55. The Bertz CT molecular complexity index is 915. The summed E-state index contributed by atoms with van der Waals surface area (Å²) in [5, 5.41) is 5.28. The highest BCUT2D eigenvalue weighted by Crippen LogP contribution is 2.29. The molecule has 2 N–H and O–H groups in total. The quantitative estimate of drug-likeness (QED) is 0.733. The number of esters is 1. The van der Waals surface area contributed by atoms with Crippen LogP contribution in [0.5, 0.6) is 0 Å². The molecule has 152 valence electrons. The molecule has 6 nitrogen and oxygen atoms in total. The average molecular weight is 398 g/mol. The molecular formula is C22H23FN2O4. The van der Waals surface area contributed by atoms with Gasteiger partial charge in [-0.3, -0.25) is 14.4 Å². The lowest BCUT2D eigenvalue weighted by atomic mass is 9.87. The van der Waals surface area contributed by atoms with Crippen LogP contribution in [0.4, 0.5) is 4.39 Å². The van der Waals surface area contributed by atoms with E-state index in [-0.39, 0.29) is 11.6 Å². The fourth-order valence-electron chi connectivity index (χ4n) is 3.37. The molecule has 2 atom stereocenters. The first kappa shape index (κ1) is 20.5. The number of amides is 2. The van der Waals surface area contributed by atoms with Crippen molar-refractivity contribution in [3.63, 3.8) is 0 Å². The van der Waals surface area contributed by atoms with Crippen LogP contribution in [0.25, 0.3) is 0 Å². The highest BCUT2D eigenvalue weighted by Gasteiger charge is 2.25. The number of hydrogen-bond acceptors (Lipinski definition) is 4. The van der Waals surface area contributed by atoms with E-state index in [4.69, 9.17) is 4.74 Å². The first-order valence-electron chi connectivity index (χ1n) is 9.55. The van der Waals surface area contributed by atoms with E-state index in [9.17, 15) is 18.8 Å². The Hall–Kier alpha value is -3.22. The van der Waals surface area contributed by atoms with E-state index in [0.29, 0.717) is 0 Å². The van der Waals surface area contributed by atoms with Crippen LogP contribution < -0.4 is 10.6 Å². The molecule has 29 heavy (non-hydrogen) atoms. The van der Waals surface area contributed by atoms with Crippen molar-refractivity contribution < 1.29 is 23.5 Å². The number of fused-ring (bicyclic) bond motifs is 1. The molecule has 2 aromatic carbocycles. The molecule has 2 aromatic rings. The fourth-order valence-corrected chi connectivity index (χ4v) is 3.37. The van der Waals surface area contributed by atoms with Crippen molar-refractivity contribution in [3.8, 4) is 0 Å². The molecule has 7 heteroatoms. The number of carbonyl (C=O) groups excluding carboxylic acids is 3. The molecule has 3 rings (SSSR count). The van der Waals surface area contributed by atoms with Crippen LogP contribution in [0.2, 0.25) is 0 Å². The number of carbonyl (C=O) groups is 3. The maximum absolute atomic E-state index is 13.2. The second-order valence-corrected chi connectivity index (χ2v) is 6.98. The monoisotopic (exact) mass is 398 g/mol. The van der Waals surface area contributed by atoms with Crippen molar-refractivity contribution >= 4 is 17.8 Å². The van der Waals surface area contributed by atoms with Gasteiger partial charge in [-0.05, 0) is 55.5 Å². The van der Waals surface area contributed by atoms with E-state index in [0.717, 1.165) is 30.9 Å². The summed E-state index contributed by atoms with van der Waals surface area (Å²) >= 11 is 0. The number of rotatable bonds is 6. The molecule has 0 heterocycles. The van der Waals surface area contributed by atoms with Crippen LogP contribution in [0.1, 0.15) is 47.3 Å². The molecule has 1 aliphatic carbocycles. The SMILES string of the molecule is C[C@@H](OC(=O)CNC(=O)c1cccc(F)c1)C(=O)N[C@H]1CCCc2ccccc21. The lowest BCUT2D eigenvalue weighted by Crippen LogP contribution is -2.41. The van der Waals surface area contributed by atoms with E-state index in [2.05, 4.69) is 16.7 Å². The van der Waals surface area contributed by atoms with Gasteiger partial charge in [-0.25, -0.2) is 4.39 Å². The molecule has 0 unspecified atom stereocenters. The molecule has 0 saturated heterocycles. The Balaban J connectivity index is 1.48. The van der Waals surface area contributed by atoms with Gasteiger partial charge in [0.15, 0.2) is 6.10 Å². The van der Waals surface area contributed by atoms with Gasteiger partial charge in [-0.1, -0.05) is 30.3 Å². The summed E-state index contributed by atoms with van der Waals surface area (Å²) in [5.41, 5.74) is 2.40. The third-order valence-electron chi connectivity index (χ3n) is 4.84. The topological polar surface area (TPSA) is 84.5 Å². The molecule has 0 radical (unpaired) electrons. The summed E-state index contributed by atoms with van der Waals surface area (Å²) in [5.74, 6) is -2.29. The summed E-state index contributed by atoms with van der Waals surface area (Å²) < 4.78 is 18.3. The van der Waals surface area contributed by atoms with Gasteiger partial charge in [0.2, 0.25) is 0 Å². The lowest BCUT2D eigenvalue weighted by Gasteiger charge is -2.27. The molecule has 0 aliphatic heterocycles. The zero-order chi connectivity index (χ0) is 20.8. The Kier molecular flexibility index (Phi) is 6.59. The number of hydrogen-bond donors (Lipinski definition) is 2. The van der Waals surface area contributed by atoms with E-state index in [1.54, 1.807) is 0 Å². The largest absolute Gasteiger partial charge is 0.451 e. The summed E-state index contributed by atoms with van der Waals surface area (Å²) in [4.78, 5) is 36.3. The van der Waals surface area contributed by atoms with Gasteiger partial charge in [0.25, 0.3) is 11.8 Å². The van der Waals surface area contributed by atoms with Crippen molar-refractivity contribution in [3.05, 3.63) is 71.0 Å². The minimum atomic E-state index is -0.998. The Morgan fingerprint density at radius 1 is 1.17 bits per heavy atom. The van der Waals surface area contributed by atoms with Crippen LogP contribution in [-0.2, 0) is 20.7 Å². The van der Waals surface area contributed by atoms with Gasteiger partial charge in [-0.2, -0.15) is 0 Å². The smallest absolute Gasteiger partial charge is 0.326 e. The molecular weight excluding hydrogens is 375 g/mol. The second kappa shape index (κ2) is 9.32. The van der Waals surface area contributed by atoms with E-state index >= 15 is 0 Å². The predicted molar refractivity (Wildman–Crippen MR) is 105 cm³/mol. The van der Waals surface area contributed by atoms with Gasteiger partial charge < -0.3 is 15.4 Å². The minimum absolute atomic E-state index is 0.0968. The minimum Gasteiger partial charge on any atom is -0.451 e. The second-order valence-electron chi connectivity index (χ2n) is 6.98. The van der Waals surface area contributed by atoms with Crippen LogP contribution in [0, 0.1) is 5.82 Å². The van der Waals surface area contributed by atoms with Crippen molar-refractivity contribution in [1.82, 2.24) is 10.6 Å². The summed E-state index contributed by atoms with van der Waals surface area (Å²) in [6.07, 6.45) is 1.79. The van der Waals surface area contributed by atoms with Crippen molar-refractivity contribution in [2.45, 2.75) is 38.3 Å². The van der Waals surface area contributed by atoms with Crippen molar-refractivity contribution in [2.75, 3.05) is 6.54 Å². The molecule has 0 fully saturated rings. The molecule has 0 bridgehead atoms. The van der Waals surface area contributed by atoms with Crippen LogP contribution in [0.3, 0.4) is 0 Å². The van der Waals surface area contributed by atoms with Crippen LogP contribution in [-0.4, -0.2) is 30.4 Å². The number of aryl methyl sites for hydroxylation is 1. The maximum Gasteiger partial charge on any atom is 0.326 e. The normalized spacial score (nSPS) is 16.3. The Morgan fingerprint density at radius 2 is 1.97 bits per heavy atom. The highest BCUT2D eigenvalue weighted by molar-refractivity contribution is 5.96. The molecule has 0 saturated carbocycles. The zero-order valence-electron chi connectivity index (χ0n) is 16.1. The molecule has 0 aromatic heterocycles. The van der Waals surface area contributed by atoms with Gasteiger partial charge in [-0.15, -0.1) is 0 Å². The zero-order valence-corrected chi connectivity index (χ0v) is 16.1. The lowest BCUT2D eigenvalue weighted by molar-refractivity contribution is -0.154. The Morgan fingerprint density at radius 3 is 2.76 bits per heavy atom. The fraction of sp³-hybridized carbons (Fsp3) is 0.318. The van der Waals surface area contributed by atoms with Gasteiger partial charge in [0.1, 0.15) is 12.4 Å². The molecule has 0 spiro atoms. The van der Waals surface area contributed by atoms with Crippen LogP contribution >= 0.6 is 0 Å². The average Bonchev–Trinajstić information content (AvgIpc) is 2.72. The number of ether oxygens (including phenoxy) is 1. The highest BCUT2D eigenvalue weighted by atomic mass is 19.1. The van der Waals surface area contributed by atoms with Gasteiger partial charge >= 0.3 is 5.97 Å². The first-order chi connectivity index (χ1) is 13.9. The maximum atomic E-state index is 13.2. The van der Waals surface area contributed by atoms with Crippen LogP contribution in [0.15, 0.2) is 48.5 Å². The third kappa shape index (κ3) is 5.40. The molecule has 2 amide bonds.